The van der Waals surface area contributed by atoms with Crippen molar-refractivity contribution < 1.29 is 14.1 Å². The van der Waals surface area contributed by atoms with E-state index in [0.717, 1.165) is 50.3 Å². The summed E-state index contributed by atoms with van der Waals surface area (Å²) in [4.78, 5) is 19.1. The van der Waals surface area contributed by atoms with E-state index in [1.165, 1.54) is 12.8 Å². The van der Waals surface area contributed by atoms with Gasteiger partial charge in [-0.3, -0.25) is 4.79 Å². The highest BCUT2D eigenvalue weighted by Gasteiger charge is 2.36. The fraction of sp³-hybridized carbons (Fsp3) is 0.591. The minimum absolute atomic E-state index is 0.189. The second-order valence-electron chi connectivity index (χ2n) is 8.10. The number of carbonyl (C=O) groups is 1. The molecule has 7 nitrogen and oxygen atoms in total. The van der Waals surface area contributed by atoms with Crippen molar-refractivity contribution in [3.05, 3.63) is 30.2 Å². The smallest absolute Gasteiger partial charge is 0.227 e. The second-order valence-corrected chi connectivity index (χ2v) is 8.10. The number of rotatable bonds is 6. The Morgan fingerprint density at radius 1 is 1.17 bits per heavy atom. The highest BCUT2D eigenvalue weighted by Crippen LogP contribution is 2.39. The van der Waals surface area contributed by atoms with Crippen LogP contribution in [0.4, 0.5) is 0 Å². The molecule has 2 aliphatic rings. The molecule has 156 valence electrons. The molecule has 1 aromatic heterocycles. The van der Waals surface area contributed by atoms with E-state index in [0.29, 0.717) is 36.6 Å². The third-order valence-electron chi connectivity index (χ3n) is 6.29. The second kappa shape index (κ2) is 8.95. The average molecular weight is 399 g/mol. The highest BCUT2D eigenvalue weighted by molar-refractivity contribution is 5.76. The molecule has 1 spiro atoms. The summed E-state index contributed by atoms with van der Waals surface area (Å²) in [6, 6.07) is 7.61. The van der Waals surface area contributed by atoms with Crippen molar-refractivity contribution in [1.29, 1.82) is 0 Å². The molecule has 0 bridgehead atoms. The van der Waals surface area contributed by atoms with Crippen LogP contribution in [0.5, 0.6) is 5.75 Å². The molecule has 3 heterocycles. The number of aromatic nitrogens is 2. The molecule has 2 aromatic rings. The molecule has 29 heavy (non-hydrogen) atoms. The first kappa shape index (κ1) is 19.9. The minimum atomic E-state index is 0.189. The van der Waals surface area contributed by atoms with Gasteiger partial charge in [0.25, 0.3) is 0 Å². The van der Waals surface area contributed by atoms with Gasteiger partial charge < -0.3 is 19.5 Å². The number of carbonyl (C=O) groups excluding carboxylic acids is 1. The molecule has 0 atom stereocenters. The number of ether oxygens (including phenoxy) is 1. The monoisotopic (exact) mass is 398 g/mol. The van der Waals surface area contributed by atoms with Gasteiger partial charge in [-0.25, -0.2) is 0 Å². The molecule has 0 aliphatic carbocycles. The highest BCUT2D eigenvalue weighted by atomic mass is 16.5. The molecular weight excluding hydrogens is 368 g/mol. The summed E-state index contributed by atoms with van der Waals surface area (Å²) in [5, 5.41) is 7.49. The summed E-state index contributed by atoms with van der Waals surface area (Å²) in [7, 11) is 0. The number of hydrogen-bond donors (Lipinski definition) is 1. The summed E-state index contributed by atoms with van der Waals surface area (Å²) < 4.78 is 10.8. The Kier molecular flexibility index (Phi) is 6.13. The zero-order valence-corrected chi connectivity index (χ0v) is 17.2. The van der Waals surface area contributed by atoms with Gasteiger partial charge in [0.2, 0.25) is 17.6 Å². The molecule has 1 N–H and O–H groups in total. The fourth-order valence-corrected chi connectivity index (χ4v) is 4.40. The van der Waals surface area contributed by atoms with Gasteiger partial charge in [0.15, 0.2) is 0 Å². The van der Waals surface area contributed by atoms with E-state index in [1.807, 2.05) is 36.1 Å². The Morgan fingerprint density at radius 3 is 2.59 bits per heavy atom. The van der Waals surface area contributed by atoms with Crippen molar-refractivity contribution in [2.75, 3.05) is 32.8 Å². The number of nitrogens with one attached hydrogen (secondary N) is 1. The summed E-state index contributed by atoms with van der Waals surface area (Å²) >= 11 is 0. The molecule has 0 radical (unpaired) electrons. The first-order valence-corrected chi connectivity index (χ1v) is 10.7. The molecule has 7 heteroatoms. The predicted octanol–water partition coefficient (Wildman–Crippen LogP) is 3.06. The van der Waals surface area contributed by atoms with E-state index in [2.05, 4.69) is 15.5 Å². The van der Waals surface area contributed by atoms with Gasteiger partial charge in [-0.15, -0.1) is 0 Å². The van der Waals surface area contributed by atoms with Crippen LogP contribution in [-0.4, -0.2) is 53.7 Å². The van der Waals surface area contributed by atoms with Crippen LogP contribution >= 0.6 is 0 Å². The average Bonchev–Trinajstić information content (AvgIpc) is 3.23. The van der Waals surface area contributed by atoms with E-state index in [-0.39, 0.29) is 5.91 Å². The molecule has 2 fully saturated rings. The third-order valence-corrected chi connectivity index (χ3v) is 6.29. The Hall–Kier alpha value is -2.41. The Labute approximate surface area is 171 Å². The lowest BCUT2D eigenvalue weighted by Gasteiger charge is -2.44. The first-order chi connectivity index (χ1) is 14.2. The Morgan fingerprint density at radius 2 is 1.90 bits per heavy atom. The standard InChI is InChI=1S/C22H30N4O3/c1-2-28-18-5-3-17(4-6-18)21-24-19(29-25-21)7-8-20(27)26-15-11-22(12-16-26)9-13-23-14-10-22/h3-6,23H,2,7-16H2,1H3. The van der Waals surface area contributed by atoms with Crippen molar-refractivity contribution >= 4 is 5.91 Å². The van der Waals surface area contributed by atoms with Crippen molar-refractivity contribution in [3.63, 3.8) is 0 Å². The number of aryl methyl sites for hydroxylation is 1. The molecule has 1 aromatic carbocycles. The van der Waals surface area contributed by atoms with Gasteiger partial charge in [0, 0.05) is 31.5 Å². The van der Waals surface area contributed by atoms with E-state index in [9.17, 15) is 4.79 Å². The van der Waals surface area contributed by atoms with Gasteiger partial charge in [-0.05, 0) is 75.4 Å². The summed E-state index contributed by atoms with van der Waals surface area (Å²) in [5.74, 6) is 2.06. The Bertz CT molecular complexity index is 802. The largest absolute Gasteiger partial charge is 0.494 e. The molecule has 0 saturated carbocycles. The van der Waals surface area contributed by atoms with Crippen molar-refractivity contribution in [1.82, 2.24) is 20.4 Å². The fourth-order valence-electron chi connectivity index (χ4n) is 4.40. The zero-order valence-electron chi connectivity index (χ0n) is 17.2. The van der Waals surface area contributed by atoms with Crippen LogP contribution in [0.2, 0.25) is 0 Å². The van der Waals surface area contributed by atoms with Gasteiger partial charge >= 0.3 is 0 Å². The predicted molar refractivity (Wildman–Crippen MR) is 110 cm³/mol. The number of hydrogen-bond acceptors (Lipinski definition) is 6. The van der Waals surface area contributed by atoms with E-state index < -0.39 is 0 Å². The maximum atomic E-state index is 12.6. The number of amides is 1. The minimum Gasteiger partial charge on any atom is -0.494 e. The molecule has 2 aliphatic heterocycles. The number of piperidine rings is 2. The first-order valence-electron chi connectivity index (χ1n) is 10.7. The SMILES string of the molecule is CCOc1ccc(-c2noc(CCC(=O)N3CCC4(CCNCC4)CC3)n2)cc1. The van der Waals surface area contributed by atoms with Crippen molar-refractivity contribution in [3.8, 4) is 17.1 Å². The van der Waals surface area contributed by atoms with Crippen LogP contribution in [0, 0.1) is 5.41 Å². The van der Waals surface area contributed by atoms with Crippen LogP contribution in [0.1, 0.15) is 44.9 Å². The summed E-state index contributed by atoms with van der Waals surface area (Å²) in [6.07, 6.45) is 5.64. The number of nitrogens with zero attached hydrogens (tertiary/aromatic N) is 3. The zero-order chi connectivity index (χ0) is 20.1. The molecule has 2 saturated heterocycles. The lowest BCUT2D eigenvalue weighted by atomic mass is 9.71. The topological polar surface area (TPSA) is 80.5 Å². The molecule has 0 unspecified atom stereocenters. The van der Waals surface area contributed by atoms with Crippen LogP contribution in [0.3, 0.4) is 0 Å². The van der Waals surface area contributed by atoms with E-state index in [4.69, 9.17) is 9.26 Å². The number of likely N-dealkylation sites (tertiary alicyclic amines) is 1. The normalized spacial score (nSPS) is 18.7. The number of benzene rings is 1. The lowest BCUT2D eigenvalue weighted by molar-refractivity contribution is -0.133. The van der Waals surface area contributed by atoms with E-state index >= 15 is 0 Å². The molecule has 4 rings (SSSR count). The summed E-state index contributed by atoms with van der Waals surface area (Å²) in [6.45, 7) is 6.56. The molecule has 1 amide bonds. The van der Waals surface area contributed by atoms with Gasteiger partial charge in [0.1, 0.15) is 5.75 Å². The third kappa shape index (κ3) is 4.78. The van der Waals surface area contributed by atoms with Crippen LogP contribution in [-0.2, 0) is 11.2 Å². The van der Waals surface area contributed by atoms with Gasteiger partial charge in [-0.2, -0.15) is 4.98 Å². The van der Waals surface area contributed by atoms with Crippen LogP contribution in [0.15, 0.2) is 28.8 Å². The lowest BCUT2D eigenvalue weighted by Crippen LogP contribution is -2.47. The van der Waals surface area contributed by atoms with Crippen molar-refractivity contribution in [2.45, 2.75) is 45.4 Å². The maximum absolute atomic E-state index is 12.6. The van der Waals surface area contributed by atoms with Crippen LogP contribution < -0.4 is 10.1 Å². The maximum Gasteiger partial charge on any atom is 0.227 e. The van der Waals surface area contributed by atoms with E-state index in [1.54, 1.807) is 0 Å². The van der Waals surface area contributed by atoms with Gasteiger partial charge in [-0.1, -0.05) is 5.16 Å². The van der Waals surface area contributed by atoms with Crippen LogP contribution in [0.25, 0.3) is 11.4 Å². The quantitative estimate of drug-likeness (QED) is 0.806. The molecular formula is C22H30N4O3. The Balaban J connectivity index is 1.27. The van der Waals surface area contributed by atoms with Crippen molar-refractivity contribution in [2.24, 2.45) is 5.41 Å². The summed E-state index contributed by atoms with van der Waals surface area (Å²) in [5.41, 5.74) is 1.33. The van der Waals surface area contributed by atoms with Gasteiger partial charge in [0.05, 0.1) is 6.61 Å².